The summed E-state index contributed by atoms with van der Waals surface area (Å²) in [4.78, 5) is 12.1. The van der Waals surface area contributed by atoms with Crippen LogP contribution in [0.25, 0.3) is 0 Å². The van der Waals surface area contributed by atoms with Gasteiger partial charge in [-0.2, -0.15) is 13.2 Å². The van der Waals surface area contributed by atoms with Crippen LogP contribution in [-0.2, 0) is 9.53 Å². The maximum Gasteiger partial charge on any atom is 0.391 e. The second kappa shape index (κ2) is 7.64. The van der Waals surface area contributed by atoms with Crippen LogP contribution in [0.5, 0.6) is 0 Å². The summed E-state index contributed by atoms with van der Waals surface area (Å²) < 4.78 is 43.5. The second-order valence-corrected chi connectivity index (χ2v) is 6.49. The second-order valence-electron chi connectivity index (χ2n) is 6.49. The number of hydrogen-bond donors (Lipinski definition) is 2. The molecule has 1 aliphatic heterocycles. The lowest BCUT2D eigenvalue weighted by molar-refractivity contribution is -0.185. The number of carbonyl (C=O) groups excluding carboxylic acids is 1. The molecule has 0 radical (unpaired) electrons. The van der Waals surface area contributed by atoms with Crippen molar-refractivity contribution < 1.29 is 22.7 Å². The third-order valence-electron chi connectivity index (χ3n) is 4.89. The smallest absolute Gasteiger partial charge is 0.381 e. The van der Waals surface area contributed by atoms with Gasteiger partial charge < -0.3 is 15.8 Å². The predicted molar refractivity (Wildman–Crippen MR) is 76.0 cm³/mol. The molecule has 3 atom stereocenters. The van der Waals surface area contributed by atoms with Gasteiger partial charge in [0.25, 0.3) is 0 Å². The zero-order valence-corrected chi connectivity index (χ0v) is 12.7. The van der Waals surface area contributed by atoms with Crippen molar-refractivity contribution >= 4 is 5.91 Å². The molecule has 0 spiro atoms. The topological polar surface area (TPSA) is 64.4 Å². The van der Waals surface area contributed by atoms with Crippen LogP contribution in [0, 0.1) is 17.8 Å². The number of ether oxygens (including phenoxy) is 1. The van der Waals surface area contributed by atoms with Gasteiger partial charge in [0.05, 0.1) is 12.0 Å². The Morgan fingerprint density at radius 2 is 1.91 bits per heavy atom. The lowest BCUT2D eigenvalue weighted by Gasteiger charge is -2.31. The van der Waals surface area contributed by atoms with Gasteiger partial charge >= 0.3 is 6.18 Å². The number of nitrogens with one attached hydrogen (secondary N) is 1. The van der Waals surface area contributed by atoms with E-state index < -0.39 is 18.1 Å². The Bertz CT molecular complexity index is 370. The van der Waals surface area contributed by atoms with Crippen LogP contribution < -0.4 is 11.1 Å². The molecule has 2 aliphatic rings. The molecule has 1 aliphatic carbocycles. The molecule has 128 valence electrons. The lowest BCUT2D eigenvalue weighted by atomic mass is 9.81. The summed E-state index contributed by atoms with van der Waals surface area (Å²) >= 11 is 0. The molecule has 0 aromatic rings. The average molecular weight is 322 g/mol. The van der Waals surface area contributed by atoms with Gasteiger partial charge in [-0.05, 0) is 43.9 Å². The fraction of sp³-hybridized carbons (Fsp3) is 0.933. The van der Waals surface area contributed by atoms with Crippen molar-refractivity contribution in [2.24, 2.45) is 23.5 Å². The third kappa shape index (κ3) is 4.84. The van der Waals surface area contributed by atoms with Crippen molar-refractivity contribution in [1.82, 2.24) is 5.32 Å². The summed E-state index contributed by atoms with van der Waals surface area (Å²) in [6.07, 6.45) is -0.995. The molecule has 1 saturated carbocycles. The summed E-state index contributed by atoms with van der Waals surface area (Å²) in [5.41, 5.74) is 5.96. The van der Waals surface area contributed by atoms with Crippen LogP contribution in [0.1, 0.15) is 38.5 Å². The molecule has 0 bridgehead atoms. The van der Waals surface area contributed by atoms with Crippen molar-refractivity contribution in [1.29, 1.82) is 0 Å². The van der Waals surface area contributed by atoms with E-state index in [-0.39, 0.29) is 30.6 Å². The van der Waals surface area contributed by atoms with E-state index in [1.807, 2.05) is 0 Å². The molecular weight excluding hydrogens is 297 g/mol. The van der Waals surface area contributed by atoms with Crippen LogP contribution >= 0.6 is 0 Å². The highest BCUT2D eigenvalue weighted by molar-refractivity contribution is 5.81. The Kier molecular flexibility index (Phi) is 6.09. The predicted octanol–water partition coefficient (Wildman–Crippen LogP) is 2.23. The average Bonchev–Trinajstić information content (AvgIpc) is 2.52. The summed E-state index contributed by atoms with van der Waals surface area (Å²) in [7, 11) is 0. The lowest BCUT2D eigenvalue weighted by Crippen LogP contribution is -2.48. The van der Waals surface area contributed by atoms with Crippen molar-refractivity contribution in [2.75, 3.05) is 19.8 Å². The summed E-state index contributed by atoms with van der Waals surface area (Å²) in [6.45, 7) is 1.52. The molecule has 1 saturated heterocycles. The molecule has 4 nitrogen and oxygen atoms in total. The highest BCUT2D eigenvalue weighted by Crippen LogP contribution is 2.39. The Balaban J connectivity index is 1.75. The van der Waals surface area contributed by atoms with E-state index in [0.29, 0.717) is 26.2 Å². The van der Waals surface area contributed by atoms with E-state index in [4.69, 9.17) is 10.5 Å². The minimum atomic E-state index is -4.12. The number of alkyl halides is 3. The molecule has 2 rings (SSSR count). The van der Waals surface area contributed by atoms with Gasteiger partial charge in [0.15, 0.2) is 0 Å². The Morgan fingerprint density at radius 1 is 1.23 bits per heavy atom. The highest BCUT2D eigenvalue weighted by atomic mass is 19.4. The fourth-order valence-corrected chi connectivity index (χ4v) is 3.43. The molecular formula is C15H25F3N2O2. The molecule has 3 unspecified atom stereocenters. The maximum absolute atomic E-state index is 12.8. The van der Waals surface area contributed by atoms with Gasteiger partial charge in [-0.1, -0.05) is 6.42 Å². The van der Waals surface area contributed by atoms with Crippen LogP contribution in [0.3, 0.4) is 0 Å². The quantitative estimate of drug-likeness (QED) is 0.834. The maximum atomic E-state index is 12.8. The largest absolute Gasteiger partial charge is 0.391 e. The van der Waals surface area contributed by atoms with E-state index in [9.17, 15) is 18.0 Å². The molecule has 0 aromatic carbocycles. The number of rotatable bonds is 4. The third-order valence-corrected chi connectivity index (χ3v) is 4.89. The van der Waals surface area contributed by atoms with Gasteiger partial charge in [0.2, 0.25) is 5.91 Å². The normalized spacial score (nSPS) is 29.1. The molecule has 7 heteroatoms. The van der Waals surface area contributed by atoms with Gasteiger partial charge in [-0.15, -0.1) is 0 Å². The van der Waals surface area contributed by atoms with Crippen LogP contribution in [0.2, 0.25) is 0 Å². The van der Waals surface area contributed by atoms with Gasteiger partial charge in [-0.25, -0.2) is 0 Å². The Labute approximate surface area is 128 Å². The van der Waals surface area contributed by atoms with E-state index in [0.717, 1.165) is 19.3 Å². The first-order valence-corrected chi connectivity index (χ1v) is 8.05. The first-order chi connectivity index (χ1) is 10.4. The van der Waals surface area contributed by atoms with Crippen molar-refractivity contribution in [3.8, 4) is 0 Å². The van der Waals surface area contributed by atoms with Gasteiger partial charge in [-0.3, -0.25) is 4.79 Å². The number of amides is 1. The molecule has 3 N–H and O–H groups in total. The van der Waals surface area contributed by atoms with E-state index in [1.54, 1.807) is 0 Å². The molecule has 22 heavy (non-hydrogen) atoms. The highest BCUT2D eigenvalue weighted by Gasteiger charge is 2.42. The Morgan fingerprint density at radius 3 is 2.55 bits per heavy atom. The van der Waals surface area contributed by atoms with Crippen LogP contribution in [0.4, 0.5) is 13.2 Å². The number of hydrogen-bond acceptors (Lipinski definition) is 3. The summed E-state index contributed by atoms with van der Waals surface area (Å²) in [5.74, 6) is -1.48. The van der Waals surface area contributed by atoms with Crippen molar-refractivity contribution in [3.05, 3.63) is 0 Å². The zero-order chi connectivity index (χ0) is 16.2. The number of carbonyl (C=O) groups is 1. The van der Waals surface area contributed by atoms with Crippen LogP contribution in [0.15, 0.2) is 0 Å². The Hall–Kier alpha value is -0.820. The van der Waals surface area contributed by atoms with E-state index in [1.165, 1.54) is 0 Å². The number of nitrogens with two attached hydrogens (primary N) is 1. The molecule has 2 fully saturated rings. The summed E-state index contributed by atoms with van der Waals surface area (Å²) in [6, 6.07) is -0.592. The van der Waals surface area contributed by atoms with Crippen molar-refractivity contribution in [3.63, 3.8) is 0 Å². The monoisotopic (exact) mass is 322 g/mol. The SMILES string of the molecule is NC(C(=O)NCC1CCCC(C(F)(F)F)C1)C1CCOCC1. The van der Waals surface area contributed by atoms with E-state index >= 15 is 0 Å². The van der Waals surface area contributed by atoms with Gasteiger partial charge in [0, 0.05) is 19.8 Å². The molecule has 1 heterocycles. The van der Waals surface area contributed by atoms with Gasteiger partial charge in [0.1, 0.15) is 0 Å². The minimum absolute atomic E-state index is 0.100. The fourth-order valence-electron chi connectivity index (χ4n) is 3.43. The zero-order valence-electron chi connectivity index (χ0n) is 12.7. The van der Waals surface area contributed by atoms with Crippen molar-refractivity contribution in [2.45, 2.75) is 50.7 Å². The molecule has 0 aromatic heterocycles. The molecule has 1 amide bonds. The van der Waals surface area contributed by atoms with Crippen LogP contribution in [-0.4, -0.2) is 37.9 Å². The first kappa shape index (κ1) is 17.5. The number of halogens is 3. The first-order valence-electron chi connectivity index (χ1n) is 8.05. The summed E-state index contributed by atoms with van der Waals surface area (Å²) in [5, 5.41) is 2.75. The van der Waals surface area contributed by atoms with E-state index in [2.05, 4.69) is 5.32 Å². The standard InChI is InChI=1S/C15H25F3N2O2/c16-15(17,18)12-3-1-2-10(8-12)9-20-14(21)13(19)11-4-6-22-7-5-11/h10-13H,1-9,19H2,(H,20,21). The minimum Gasteiger partial charge on any atom is -0.381 e.